The van der Waals surface area contributed by atoms with Crippen molar-refractivity contribution >= 4 is 8.60 Å². The summed E-state index contributed by atoms with van der Waals surface area (Å²) in [5.41, 5.74) is 1.50. The fourth-order valence-electron chi connectivity index (χ4n) is 2.79. The van der Waals surface area contributed by atoms with Gasteiger partial charge in [-0.3, -0.25) is 0 Å². The third kappa shape index (κ3) is 5.52. The van der Waals surface area contributed by atoms with Gasteiger partial charge < -0.3 is 23.4 Å². The number of ether oxygens (including phenoxy) is 2. The molecule has 0 aliphatic carbocycles. The van der Waals surface area contributed by atoms with Gasteiger partial charge in [-0.05, 0) is 47.2 Å². The Kier molecular flexibility index (Phi) is 6.84. The maximum atomic E-state index is 10.5. The summed E-state index contributed by atoms with van der Waals surface area (Å²) in [5, 5.41) is 0. The predicted octanol–water partition coefficient (Wildman–Crippen LogP) is 5.98. The van der Waals surface area contributed by atoms with Crippen LogP contribution in [0, 0.1) is 0 Å². The van der Waals surface area contributed by atoms with Crippen LogP contribution in [-0.2, 0) is 10.8 Å². The van der Waals surface area contributed by atoms with Crippen molar-refractivity contribution < 1.29 is 23.4 Å². The van der Waals surface area contributed by atoms with Crippen LogP contribution in [0.4, 0.5) is 0 Å². The van der Waals surface area contributed by atoms with Crippen LogP contribution in [0.25, 0.3) is 0 Å². The molecule has 2 aromatic rings. The van der Waals surface area contributed by atoms with E-state index in [0.29, 0.717) is 11.5 Å². The molecule has 0 spiro atoms. The van der Waals surface area contributed by atoms with Crippen LogP contribution in [0.15, 0.2) is 36.4 Å². The molecule has 5 nitrogen and oxygen atoms in total. The van der Waals surface area contributed by atoms with Crippen molar-refractivity contribution in [2.24, 2.45) is 0 Å². The van der Waals surface area contributed by atoms with Crippen LogP contribution in [0.1, 0.15) is 52.7 Å². The Labute approximate surface area is 169 Å². The number of methoxy groups -OCH3 is 2. The van der Waals surface area contributed by atoms with Gasteiger partial charge >= 0.3 is 8.60 Å². The van der Waals surface area contributed by atoms with Crippen molar-refractivity contribution in [1.82, 2.24) is 0 Å². The molecule has 0 bridgehead atoms. The maximum absolute atomic E-state index is 10.5. The minimum Gasteiger partial charge on any atom is -0.497 e. The molecule has 28 heavy (non-hydrogen) atoms. The van der Waals surface area contributed by atoms with Gasteiger partial charge in [0.2, 0.25) is 0 Å². The second kappa shape index (κ2) is 8.59. The lowest BCUT2D eigenvalue weighted by molar-refractivity contribution is 0.367. The Morgan fingerprint density at radius 1 is 0.679 bits per heavy atom. The number of rotatable bonds is 6. The second-order valence-corrected chi connectivity index (χ2v) is 9.49. The van der Waals surface area contributed by atoms with Crippen LogP contribution in [-0.4, -0.2) is 19.1 Å². The van der Waals surface area contributed by atoms with Gasteiger partial charge in [0.25, 0.3) is 0 Å². The van der Waals surface area contributed by atoms with E-state index in [2.05, 4.69) is 41.5 Å². The molecule has 0 radical (unpaired) electrons. The second-order valence-electron chi connectivity index (χ2n) is 8.64. The van der Waals surface area contributed by atoms with Crippen LogP contribution in [0.5, 0.6) is 23.0 Å². The molecule has 154 valence electrons. The molecule has 0 aromatic heterocycles. The highest BCUT2D eigenvalue weighted by atomic mass is 31.2. The standard InChI is InChI=1S/C22H31O5P/c1-21(2,3)17-13-15(24-7)9-11-19(17)26-28(23)27-20-12-10-16(25-8)14-18(20)22(4,5)6/h9-14,23H,1-8H3. The topological polar surface area (TPSA) is 57.2 Å². The average Bonchev–Trinajstić information content (AvgIpc) is 2.60. The van der Waals surface area contributed by atoms with Gasteiger partial charge in [-0.15, -0.1) is 0 Å². The van der Waals surface area contributed by atoms with Crippen molar-refractivity contribution in [2.45, 2.75) is 52.4 Å². The molecule has 6 heteroatoms. The van der Waals surface area contributed by atoms with Gasteiger partial charge in [0.1, 0.15) is 23.0 Å². The monoisotopic (exact) mass is 406 g/mol. The Morgan fingerprint density at radius 3 is 1.32 bits per heavy atom. The lowest BCUT2D eigenvalue weighted by Crippen LogP contribution is -2.14. The van der Waals surface area contributed by atoms with Crippen LogP contribution < -0.4 is 18.5 Å². The minimum atomic E-state index is -2.17. The van der Waals surface area contributed by atoms with Crippen LogP contribution in [0.3, 0.4) is 0 Å². The molecule has 0 amide bonds. The molecule has 2 rings (SSSR count). The first-order valence-corrected chi connectivity index (χ1v) is 10.3. The number of hydrogen-bond acceptors (Lipinski definition) is 5. The van der Waals surface area contributed by atoms with E-state index in [9.17, 15) is 4.89 Å². The van der Waals surface area contributed by atoms with E-state index in [4.69, 9.17) is 18.5 Å². The van der Waals surface area contributed by atoms with Gasteiger partial charge in [0, 0.05) is 11.1 Å². The van der Waals surface area contributed by atoms with Crippen LogP contribution >= 0.6 is 8.60 Å². The Morgan fingerprint density at radius 2 is 1.04 bits per heavy atom. The molecule has 1 N–H and O–H groups in total. The van der Waals surface area contributed by atoms with E-state index in [1.165, 1.54) is 0 Å². The molecular formula is C22H31O5P. The molecule has 0 fully saturated rings. The van der Waals surface area contributed by atoms with Gasteiger partial charge in [-0.2, -0.15) is 0 Å². The zero-order valence-electron chi connectivity index (χ0n) is 18.0. The highest BCUT2D eigenvalue weighted by molar-refractivity contribution is 7.41. The van der Waals surface area contributed by atoms with Gasteiger partial charge in [0.05, 0.1) is 14.2 Å². The summed E-state index contributed by atoms with van der Waals surface area (Å²) in [6, 6.07) is 11.1. The lowest BCUT2D eigenvalue weighted by Gasteiger charge is -2.26. The Hall–Kier alpha value is -1.97. The quantitative estimate of drug-likeness (QED) is 0.599. The molecule has 2 aromatic carbocycles. The molecule has 0 saturated carbocycles. The van der Waals surface area contributed by atoms with E-state index in [1.54, 1.807) is 26.4 Å². The fraction of sp³-hybridized carbons (Fsp3) is 0.455. The molecule has 0 heterocycles. The minimum absolute atomic E-state index is 0.184. The molecule has 0 unspecified atom stereocenters. The number of benzene rings is 2. The first-order chi connectivity index (χ1) is 13.0. The van der Waals surface area contributed by atoms with Crippen molar-refractivity contribution in [3.05, 3.63) is 47.5 Å². The van der Waals surface area contributed by atoms with Crippen LogP contribution in [0.2, 0.25) is 0 Å². The zero-order valence-corrected chi connectivity index (χ0v) is 18.9. The molecule has 0 atom stereocenters. The van der Waals surface area contributed by atoms with Crippen molar-refractivity contribution in [3.63, 3.8) is 0 Å². The summed E-state index contributed by atoms with van der Waals surface area (Å²) in [4.78, 5) is 10.5. The van der Waals surface area contributed by atoms with E-state index >= 15 is 0 Å². The SMILES string of the molecule is COc1ccc(OP(O)Oc2ccc(OC)cc2C(C)(C)C)c(C(C)(C)C)c1. The molecular weight excluding hydrogens is 375 g/mol. The highest BCUT2D eigenvalue weighted by Crippen LogP contribution is 2.45. The smallest absolute Gasteiger partial charge is 0.460 e. The summed E-state index contributed by atoms with van der Waals surface area (Å²) in [6.07, 6.45) is 0. The zero-order chi connectivity index (χ0) is 21.1. The molecule has 0 aliphatic heterocycles. The normalized spacial score (nSPS) is 12.1. The van der Waals surface area contributed by atoms with Crippen molar-refractivity contribution in [1.29, 1.82) is 0 Å². The third-order valence-corrected chi connectivity index (χ3v) is 5.05. The van der Waals surface area contributed by atoms with E-state index in [1.807, 2.05) is 24.3 Å². The lowest BCUT2D eigenvalue weighted by atomic mass is 9.86. The Bertz CT molecular complexity index is 738. The third-order valence-electron chi connectivity index (χ3n) is 4.34. The predicted molar refractivity (Wildman–Crippen MR) is 114 cm³/mol. The van der Waals surface area contributed by atoms with Crippen molar-refractivity contribution in [2.75, 3.05) is 14.2 Å². The molecule has 0 saturated heterocycles. The summed E-state index contributed by atoms with van der Waals surface area (Å²) >= 11 is 0. The van der Waals surface area contributed by atoms with Gasteiger partial charge in [0.15, 0.2) is 0 Å². The molecule has 0 aliphatic rings. The van der Waals surface area contributed by atoms with Crippen molar-refractivity contribution in [3.8, 4) is 23.0 Å². The first kappa shape index (κ1) is 22.3. The summed E-state index contributed by atoms with van der Waals surface area (Å²) in [6.45, 7) is 12.5. The van der Waals surface area contributed by atoms with E-state index < -0.39 is 8.60 Å². The van der Waals surface area contributed by atoms with E-state index in [0.717, 1.165) is 22.6 Å². The van der Waals surface area contributed by atoms with Gasteiger partial charge in [-0.1, -0.05) is 41.5 Å². The first-order valence-electron chi connectivity index (χ1n) is 9.17. The number of hydrogen-bond donors (Lipinski definition) is 1. The maximum Gasteiger partial charge on any atom is 0.460 e. The highest BCUT2D eigenvalue weighted by Gasteiger charge is 2.26. The Balaban J connectivity index is 2.29. The average molecular weight is 406 g/mol. The fourth-order valence-corrected chi connectivity index (χ4v) is 3.48. The largest absolute Gasteiger partial charge is 0.497 e. The van der Waals surface area contributed by atoms with Gasteiger partial charge in [-0.25, -0.2) is 0 Å². The van der Waals surface area contributed by atoms with E-state index in [-0.39, 0.29) is 10.8 Å². The summed E-state index contributed by atoms with van der Waals surface area (Å²) in [7, 11) is 1.08. The summed E-state index contributed by atoms with van der Waals surface area (Å²) in [5.74, 6) is 2.64. The summed E-state index contributed by atoms with van der Waals surface area (Å²) < 4.78 is 22.3.